The van der Waals surface area contributed by atoms with Crippen LogP contribution in [-0.2, 0) is 27.1 Å². The molecule has 0 N–H and O–H groups in total. The average Bonchev–Trinajstić information content (AvgIpc) is 3.00. The molecular weight excluding hydrogens is 575 g/mol. The largest absolute Gasteiger partial charge is 0.465 e. The van der Waals surface area contributed by atoms with Crippen molar-refractivity contribution >= 4 is 23.5 Å². The van der Waals surface area contributed by atoms with Gasteiger partial charge in [0, 0.05) is 12.0 Å². The summed E-state index contributed by atoms with van der Waals surface area (Å²) >= 11 is 0. The van der Waals surface area contributed by atoms with Gasteiger partial charge in [-0.05, 0) is 87.4 Å². The fraction of sp³-hybridized carbons (Fsp3) is 0.382. The lowest BCUT2D eigenvalue weighted by Crippen LogP contribution is -2.43. The Bertz CT molecular complexity index is 1480. The van der Waals surface area contributed by atoms with Gasteiger partial charge >= 0.3 is 18.1 Å². The number of carbonyl (C=O) groups is 3. The number of amides is 1. The van der Waals surface area contributed by atoms with Gasteiger partial charge in [0.05, 0.1) is 29.5 Å². The molecule has 3 aromatic rings. The molecule has 1 aliphatic carbocycles. The summed E-state index contributed by atoms with van der Waals surface area (Å²) < 4.78 is 58.1. The zero-order valence-corrected chi connectivity index (χ0v) is 25.1. The zero-order valence-electron chi connectivity index (χ0n) is 25.1. The van der Waals surface area contributed by atoms with Crippen molar-refractivity contribution in [2.75, 3.05) is 12.0 Å². The van der Waals surface area contributed by atoms with Crippen LogP contribution in [0.3, 0.4) is 0 Å². The summed E-state index contributed by atoms with van der Waals surface area (Å²) in [6.07, 6.45) is -1.51. The van der Waals surface area contributed by atoms with Gasteiger partial charge in [0.2, 0.25) is 5.91 Å². The molecule has 44 heavy (non-hydrogen) atoms. The number of benzene rings is 3. The Morgan fingerprint density at radius 1 is 0.909 bits per heavy atom. The van der Waals surface area contributed by atoms with Crippen molar-refractivity contribution in [2.45, 2.75) is 65.3 Å². The Labute approximate surface area is 254 Å². The lowest BCUT2D eigenvalue weighted by Gasteiger charge is -2.34. The molecule has 0 heterocycles. The van der Waals surface area contributed by atoms with Crippen LogP contribution in [0.25, 0.3) is 0 Å². The highest BCUT2D eigenvalue weighted by molar-refractivity contribution is 6.04. The lowest BCUT2D eigenvalue weighted by molar-refractivity contribution is -0.138. The predicted molar refractivity (Wildman–Crippen MR) is 159 cm³/mol. The predicted octanol–water partition coefficient (Wildman–Crippen LogP) is 8.21. The fourth-order valence-corrected chi connectivity index (χ4v) is 5.32. The quantitative estimate of drug-likeness (QED) is 0.227. The van der Waals surface area contributed by atoms with Crippen LogP contribution in [0.1, 0.15) is 78.3 Å². The van der Waals surface area contributed by atoms with E-state index in [4.69, 9.17) is 14.2 Å². The molecule has 0 spiro atoms. The minimum atomic E-state index is -4.87. The molecule has 7 nitrogen and oxygen atoms in total. The number of methoxy groups -OCH3 is 1. The van der Waals surface area contributed by atoms with Gasteiger partial charge < -0.3 is 19.1 Å². The number of esters is 2. The summed E-state index contributed by atoms with van der Waals surface area (Å²) in [6, 6.07) is 15.5. The highest BCUT2D eigenvalue weighted by Gasteiger charge is 2.36. The Kier molecular flexibility index (Phi) is 10.3. The molecular formula is C34H36F3NO6. The third kappa shape index (κ3) is 7.78. The molecule has 3 aromatic carbocycles. The number of alkyl halides is 3. The average molecular weight is 612 g/mol. The Balaban J connectivity index is 1.63. The Morgan fingerprint density at radius 2 is 1.59 bits per heavy atom. The van der Waals surface area contributed by atoms with Gasteiger partial charge in [-0.1, -0.05) is 37.3 Å². The second kappa shape index (κ2) is 14.0. The van der Waals surface area contributed by atoms with Crippen LogP contribution in [0.15, 0.2) is 66.7 Å². The monoisotopic (exact) mass is 611 g/mol. The SMILES string of the molecule is COC(=O)c1cc(Oc2ccc(C(=O)OCc3ccccc3)cc2C(F)(F)F)ccc1N(C(=O)C1CCC(C)CC1)C(C)C. The van der Waals surface area contributed by atoms with Crippen LogP contribution in [0.5, 0.6) is 11.5 Å². The van der Waals surface area contributed by atoms with E-state index >= 15 is 0 Å². The van der Waals surface area contributed by atoms with Crippen molar-refractivity contribution in [2.24, 2.45) is 11.8 Å². The van der Waals surface area contributed by atoms with Crippen LogP contribution in [0.4, 0.5) is 18.9 Å². The number of anilines is 1. The van der Waals surface area contributed by atoms with Crippen molar-refractivity contribution in [1.29, 1.82) is 0 Å². The van der Waals surface area contributed by atoms with E-state index in [2.05, 4.69) is 6.92 Å². The normalized spacial score (nSPS) is 16.7. The molecule has 0 aromatic heterocycles. The van der Waals surface area contributed by atoms with Crippen LogP contribution in [0.2, 0.25) is 0 Å². The van der Waals surface area contributed by atoms with E-state index in [0.29, 0.717) is 17.5 Å². The van der Waals surface area contributed by atoms with Gasteiger partial charge in [0.25, 0.3) is 0 Å². The molecule has 0 atom stereocenters. The summed E-state index contributed by atoms with van der Waals surface area (Å²) in [5, 5.41) is 0. The van der Waals surface area contributed by atoms with Crippen molar-refractivity contribution in [3.05, 3.63) is 89.0 Å². The van der Waals surface area contributed by atoms with Gasteiger partial charge in [0.1, 0.15) is 18.1 Å². The second-order valence-corrected chi connectivity index (χ2v) is 11.3. The summed E-state index contributed by atoms with van der Waals surface area (Å²) in [4.78, 5) is 40.6. The molecule has 0 radical (unpaired) electrons. The van der Waals surface area contributed by atoms with Gasteiger partial charge in [-0.3, -0.25) is 4.79 Å². The molecule has 234 valence electrons. The fourth-order valence-electron chi connectivity index (χ4n) is 5.32. The molecule has 1 fully saturated rings. The molecule has 10 heteroatoms. The van der Waals surface area contributed by atoms with E-state index in [1.54, 1.807) is 35.2 Å². The molecule has 0 bridgehead atoms. The summed E-state index contributed by atoms with van der Waals surface area (Å²) in [5.41, 5.74) is -0.538. The van der Waals surface area contributed by atoms with Crippen LogP contribution < -0.4 is 9.64 Å². The van der Waals surface area contributed by atoms with Crippen molar-refractivity contribution in [3.8, 4) is 11.5 Å². The number of ether oxygens (including phenoxy) is 3. The second-order valence-electron chi connectivity index (χ2n) is 11.3. The first-order valence-electron chi connectivity index (χ1n) is 14.5. The maximum Gasteiger partial charge on any atom is 0.420 e. The van der Waals surface area contributed by atoms with E-state index in [1.165, 1.54) is 31.4 Å². The highest BCUT2D eigenvalue weighted by atomic mass is 19.4. The first-order valence-corrected chi connectivity index (χ1v) is 14.5. The maximum atomic E-state index is 14.1. The lowest BCUT2D eigenvalue weighted by atomic mass is 9.82. The first kappa shape index (κ1) is 32.6. The smallest absolute Gasteiger partial charge is 0.420 e. The summed E-state index contributed by atoms with van der Waals surface area (Å²) in [6.45, 7) is 5.72. The minimum Gasteiger partial charge on any atom is -0.465 e. The topological polar surface area (TPSA) is 82.1 Å². The summed E-state index contributed by atoms with van der Waals surface area (Å²) in [7, 11) is 1.18. The third-order valence-electron chi connectivity index (χ3n) is 7.71. The standard InChI is InChI=1S/C34H36F3NO6/c1-21(2)38(31(39)24-12-10-22(3)11-13-24)29-16-15-26(19-27(29)33(41)42-4)44-30-17-14-25(18-28(30)34(35,36)37)32(40)43-20-23-8-6-5-7-9-23/h5-9,14-19,21-22,24H,10-13,20H2,1-4H3. The van der Waals surface area contributed by atoms with Crippen LogP contribution in [0, 0.1) is 11.8 Å². The summed E-state index contributed by atoms with van der Waals surface area (Å²) in [5.74, 6) is -2.11. The maximum absolute atomic E-state index is 14.1. The Morgan fingerprint density at radius 3 is 2.20 bits per heavy atom. The number of rotatable bonds is 9. The van der Waals surface area contributed by atoms with Gasteiger partial charge in [0.15, 0.2) is 0 Å². The number of nitrogens with zero attached hydrogens (tertiary/aromatic N) is 1. The minimum absolute atomic E-state index is 0.0223. The number of carbonyl (C=O) groups excluding carboxylic acids is 3. The molecule has 4 rings (SSSR count). The highest BCUT2D eigenvalue weighted by Crippen LogP contribution is 2.40. The third-order valence-corrected chi connectivity index (χ3v) is 7.71. The van der Waals surface area contributed by atoms with E-state index in [1.807, 2.05) is 13.8 Å². The first-order chi connectivity index (χ1) is 20.9. The van der Waals surface area contributed by atoms with Gasteiger partial charge in [-0.2, -0.15) is 13.2 Å². The molecule has 1 aliphatic rings. The van der Waals surface area contributed by atoms with Crippen LogP contribution >= 0.6 is 0 Å². The molecule has 1 amide bonds. The van der Waals surface area contributed by atoms with E-state index in [-0.39, 0.29) is 47.0 Å². The number of hydrogen-bond donors (Lipinski definition) is 0. The Hall–Kier alpha value is -4.34. The van der Waals surface area contributed by atoms with Crippen LogP contribution in [-0.4, -0.2) is 31.0 Å². The van der Waals surface area contributed by atoms with E-state index in [9.17, 15) is 27.6 Å². The van der Waals surface area contributed by atoms with Gasteiger partial charge in [-0.15, -0.1) is 0 Å². The van der Waals surface area contributed by atoms with E-state index < -0.39 is 29.4 Å². The molecule has 0 saturated heterocycles. The van der Waals surface area contributed by atoms with Crippen molar-refractivity contribution in [1.82, 2.24) is 0 Å². The van der Waals surface area contributed by atoms with E-state index in [0.717, 1.165) is 31.7 Å². The zero-order chi connectivity index (χ0) is 32.0. The molecule has 1 saturated carbocycles. The molecule has 0 aliphatic heterocycles. The molecule has 0 unspecified atom stereocenters. The van der Waals surface area contributed by atoms with Crippen molar-refractivity contribution in [3.63, 3.8) is 0 Å². The van der Waals surface area contributed by atoms with Crippen molar-refractivity contribution < 1.29 is 41.8 Å². The van der Waals surface area contributed by atoms with Gasteiger partial charge in [-0.25, -0.2) is 9.59 Å². The number of hydrogen-bond acceptors (Lipinski definition) is 6. The number of halogens is 3.